The zero-order chi connectivity index (χ0) is 13.9. The van der Waals surface area contributed by atoms with E-state index < -0.39 is 0 Å². The highest BCUT2D eigenvalue weighted by Crippen LogP contribution is 2.12. The summed E-state index contributed by atoms with van der Waals surface area (Å²) in [5.41, 5.74) is 1.29. The zero-order valence-corrected chi connectivity index (χ0v) is 10.4. The summed E-state index contributed by atoms with van der Waals surface area (Å²) in [6.07, 6.45) is 1.62. The van der Waals surface area contributed by atoms with Gasteiger partial charge in [-0.2, -0.15) is 0 Å². The number of benzene rings is 1. The number of hydrogen-bond acceptors (Lipinski definition) is 3. The molecule has 4 nitrogen and oxygen atoms in total. The van der Waals surface area contributed by atoms with Gasteiger partial charge in [0.15, 0.2) is 5.65 Å². The molecular weight excluding hydrogens is 257 g/mol. The van der Waals surface area contributed by atoms with Crippen molar-refractivity contribution in [1.29, 1.82) is 0 Å². The standard InChI is InChI=1S/C15H10FN3O/c16-11-4-6-12(7-5-11)18-15(20)13-8-3-10-2-1-9-17-14(10)19-13/h1-9H,(H,18,20). The van der Waals surface area contributed by atoms with E-state index in [-0.39, 0.29) is 17.4 Å². The fourth-order valence-corrected chi connectivity index (χ4v) is 1.81. The number of nitrogens with zero attached hydrogens (tertiary/aromatic N) is 2. The molecule has 1 amide bonds. The van der Waals surface area contributed by atoms with E-state index in [0.717, 1.165) is 5.39 Å². The lowest BCUT2D eigenvalue weighted by Crippen LogP contribution is -2.13. The van der Waals surface area contributed by atoms with Crippen LogP contribution in [0.25, 0.3) is 11.0 Å². The minimum Gasteiger partial charge on any atom is -0.321 e. The van der Waals surface area contributed by atoms with Gasteiger partial charge in [0, 0.05) is 17.3 Å². The fraction of sp³-hybridized carbons (Fsp3) is 0. The number of rotatable bonds is 2. The molecule has 20 heavy (non-hydrogen) atoms. The van der Waals surface area contributed by atoms with Gasteiger partial charge in [-0.05, 0) is 48.5 Å². The summed E-state index contributed by atoms with van der Waals surface area (Å²) < 4.78 is 12.8. The number of pyridine rings is 2. The van der Waals surface area contributed by atoms with E-state index in [1.165, 1.54) is 24.3 Å². The summed E-state index contributed by atoms with van der Waals surface area (Å²) in [6, 6.07) is 12.6. The lowest BCUT2D eigenvalue weighted by Gasteiger charge is -2.05. The van der Waals surface area contributed by atoms with Gasteiger partial charge in [-0.1, -0.05) is 0 Å². The van der Waals surface area contributed by atoms with Crippen molar-refractivity contribution in [2.45, 2.75) is 0 Å². The van der Waals surface area contributed by atoms with Crippen LogP contribution in [-0.4, -0.2) is 15.9 Å². The Morgan fingerprint density at radius 3 is 2.65 bits per heavy atom. The smallest absolute Gasteiger partial charge is 0.274 e. The zero-order valence-electron chi connectivity index (χ0n) is 10.4. The average molecular weight is 267 g/mol. The quantitative estimate of drug-likeness (QED) is 0.776. The summed E-state index contributed by atoms with van der Waals surface area (Å²) in [7, 11) is 0. The minimum absolute atomic E-state index is 0.264. The number of carbonyl (C=O) groups excluding carboxylic acids is 1. The molecule has 1 N–H and O–H groups in total. The summed E-state index contributed by atoms with van der Waals surface area (Å²) in [5, 5.41) is 3.52. The molecule has 0 fully saturated rings. The number of hydrogen-bond donors (Lipinski definition) is 1. The monoisotopic (exact) mass is 267 g/mol. The van der Waals surface area contributed by atoms with Crippen LogP contribution < -0.4 is 5.32 Å². The number of nitrogens with one attached hydrogen (secondary N) is 1. The van der Waals surface area contributed by atoms with Crippen LogP contribution in [0.2, 0.25) is 0 Å². The Morgan fingerprint density at radius 1 is 1.05 bits per heavy atom. The number of fused-ring (bicyclic) bond motifs is 1. The molecule has 0 aliphatic carbocycles. The normalized spacial score (nSPS) is 10.4. The van der Waals surface area contributed by atoms with Crippen molar-refractivity contribution in [1.82, 2.24) is 9.97 Å². The van der Waals surface area contributed by atoms with Gasteiger partial charge in [-0.3, -0.25) is 4.79 Å². The van der Waals surface area contributed by atoms with Gasteiger partial charge in [0.2, 0.25) is 0 Å². The van der Waals surface area contributed by atoms with Gasteiger partial charge >= 0.3 is 0 Å². The molecule has 0 aliphatic rings. The lowest BCUT2D eigenvalue weighted by atomic mass is 10.2. The Labute approximate surface area is 114 Å². The average Bonchev–Trinajstić information content (AvgIpc) is 2.49. The lowest BCUT2D eigenvalue weighted by molar-refractivity contribution is 0.102. The second-order valence-corrected chi connectivity index (χ2v) is 4.21. The number of aromatic nitrogens is 2. The predicted octanol–water partition coefficient (Wildman–Crippen LogP) is 3.02. The molecule has 1 aromatic carbocycles. The Balaban J connectivity index is 1.86. The highest BCUT2D eigenvalue weighted by molar-refractivity contribution is 6.03. The predicted molar refractivity (Wildman–Crippen MR) is 73.9 cm³/mol. The van der Waals surface area contributed by atoms with Crippen LogP contribution in [0.5, 0.6) is 0 Å². The molecule has 5 heteroatoms. The Hall–Kier alpha value is -2.82. The number of anilines is 1. The number of amides is 1. The summed E-state index contributed by atoms with van der Waals surface area (Å²) in [6.45, 7) is 0. The third-order valence-electron chi connectivity index (χ3n) is 2.80. The summed E-state index contributed by atoms with van der Waals surface area (Å²) in [4.78, 5) is 20.3. The second kappa shape index (κ2) is 5.05. The first-order valence-corrected chi connectivity index (χ1v) is 6.01. The van der Waals surface area contributed by atoms with Gasteiger partial charge in [0.25, 0.3) is 5.91 Å². The molecule has 0 unspecified atom stereocenters. The molecule has 2 heterocycles. The van der Waals surface area contributed by atoms with Crippen LogP contribution >= 0.6 is 0 Å². The van der Waals surface area contributed by atoms with Crippen molar-refractivity contribution in [3.8, 4) is 0 Å². The van der Waals surface area contributed by atoms with Gasteiger partial charge in [-0.25, -0.2) is 14.4 Å². The van der Waals surface area contributed by atoms with Crippen molar-refractivity contribution in [3.63, 3.8) is 0 Å². The molecule has 0 aliphatic heterocycles. The van der Waals surface area contributed by atoms with Gasteiger partial charge in [-0.15, -0.1) is 0 Å². The van der Waals surface area contributed by atoms with Crippen LogP contribution in [0.4, 0.5) is 10.1 Å². The molecule has 0 spiro atoms. The molecule has 0 bridgehead atoms. The third kappa shape index (κ3) is 2.47. The molecule has 2 aromatic heterocycles. The van der Waals surface area contributed by atoms with Crippen molar-refractivity contribution >= 4 is 22.6 Å². The maximum Gasteiger partial charge on any atom is 0.274 e. The first-order chi connectivity index (χ1) is 9.72. The molecule has 0 atom stereocenters. The van der Waals surface area contributed by atoms with E-state index >= 15 is 0 Å². The molecule has 0 saturated carbocycles. The number of halogens is 1. The van der Waals surface area contributed by atoms with Crippen molar-refractivity contribution in [3.05, 3.63) is 66.2 Å². The topological polar surface area (TPSA) is 54.9 Å². The van der Waals surface area contributed by atoms with Gasteiger partial charge in [0.05, 0.1) is 0 Å². The molecular formula is C15H10FN3O. The molecule has 0 saturated heterocycles. The summed E-state index contributed by atoms with van der Waals surface area (Å²) >= 11 is 0. The molecule has 3 rings (SSSR count). The van der Waals surface area contributed by atoms with E-state index in [9.17, 15) is 9.18 Å². The highest BCUT2D eigenvalue weighted by Gasteiger charge is 2.09. The SMILES string of the molecule is O=C(Nc1ccc(F)cc1)c1ccc2cccnc2n1. The molecule has 3 aromatic rings. The Morgan fingerprint density at radius 2 is 1.85 bits per heavy atom. The van der Waals surface area contributed by atoms with Crippen LogP contribution in [-0.2, 0) is 0 Å². The van der Waals surface area contributed by atoms with E-state index in [2.05, 4.69) is 15.3 Å². The molecule has 0 radical (unpaired) electrons. The highest BCUT2D eigenvalue weighted by atomic mass is 19.1. The first-order valence-electron chi connectivity index (χ1n) is 6.01. The summed E-state index contributed by atoms with van der Waals surface area (Å²) in [5.74, 6) is -0.708. The van der Waals surface area contributed by atoms with Crippen LogP contribution in [0.1, 0.15) is 10.5 Å². The third-order valence-corrected chi connectivity index (χ3v) is 2.80. The van der Waals surface area contributed by atoms with Crippen molar-refractivity contribution in [2.24, 2.45) is 0 Å². The first kappa shape index (κ1) is 12.2. The van der Waals surface area contributed by atoms with E-state index in [1.807, 2.05) is 12.1 Å². The molecule has 98 valence electrons. The van der Waals surface area contributed by atoms with Gasteiger partial charge in [0.1, 0.15) is 11.5 Å². The van der Waals surface area contributed by atoms with Crippen molar-refractivity contribution in [2.75, 3.05) is 5.32 Å². The maximum atomic E-state index is 12.8. The van der Waals surface area contributed by atoms with Crippen molar-refractivity contribution < 1.29 is 9.18 Å². The Bertz CT molecular complexity index is 771. The number of carbonyl (C=O) groups is 1. The van der Waals surface area contributed by atoms with Crippen LogP contribution in [0.3, 0.4) is 0 Å². The van der Waals surface area contributed by atoms with E-state index in [1.54, 1.807) is 18.3 Å². The van der Waals surface area contributed by atoms with E-state index in [0.29, 0.717) is 11.3 Å². The second-order valence-electron chi connectivity index (χ2n) is 4.21. The Kier molecular flexibility index (Phi) is 3.09. The minimum atomic E-state index is -0.357. The largest absolute Gasteiger partial charge is 0.321 e. The van der Waals surface area contributed by atoms with Crippen LogP contribution in [0.15, 0.2) is 54.7 Å². The van der Waals surface area contributed by atoms with E-state index in [4.69, 9.17) is 0 Å². The van der Waals surface area contributed by atoms with Crippen LogP contribution in [0, 0.1) is 5.82 Å². The van der Waals surface area contributed by atoms with Gasteiger partial charge < -0.3 is 5.32 Å². The fourth-order valence-electron chi connectivity index (χ4n) is 1.81. The maximum absolute atomic E-state index is 12.8.